The molecule has 0 amide bonds. The monoisotopic (exact) mass is 520 g/mol. The minimum absolute atomic E-state index is 0.0143. The van der Waals surface area contributed by atoms with Crippen LogP contribution in [-0.2, 0) is 14.8 Å². The zero-order valence-corrected chi connectivity index (χ0v) is 21.2. The van der Waals surface area contributed by atoms with Crippen molar-refractivity contribution in [1.82, 2.24) is 8.87 Å². The summed E-state index contributed by atoms with van der Waals surface area (Å²) in [4.78, 5) is 25.7. The van der Waals surface area contributed by atoms with Gasteiger partial charge in [0.1, 0.15) is 5.75 Å². The van der Waals surface area contributed by atoms with Crippen molar-refractivity contribution in [2.24, 2.45) is 0 Å². The fourth-order valence-electron chi connectivity index (χ4n) is 3.66. The lowest BCUT2D eigenvalue weighted by Gasteiger charge is -2.14. The van der Waals surface area contributed by atoms with Crippen molar-refractivity contribution < 1.29 is 36.3 Å². The number of aromatic nitrogens is 1. The van der Waals surface area contributed by atoms with Crippen LogP contribution >= 0.6 is 0 Å². The number of hydrogen-bond acceptors (Lipinski definition) is 6. The molecule has 1 atom stereocenters. The molecule has 36 heavy (non-hydrogen) atoms. The van der Waals surface area contributed by atoms with Crippen LogP contribution in [0.25, 0.3) is 5.69 Å². The molecule has 192 valence electrons. The van der Waals surface area contributed by atoms with E-state index in [1.54, 1.807) is 36.6 Å². The van der Waals surface area contributed by atoms with Gasteiger partial charge in [-0.2, -0.15) is 8.78 Å². The van der Waals surface area contributed by atoms with Gasteiger partial charge in [0.25, 0.3) is 0 Å². The number of nitrogens with zero attached hydrogens (tertiary/aromatic N) is 2. The number of sulfonamides is 1. The molecule has 0 spiro atoms. The van der Waals surface area contributed by atoms with E-state index < -0.39 is 34.5 Å². The van der Waals surface area contributed by atoms with E-state index in [1.807, 2.05) is 0 Å². The number of carbonyl (C=O) groups excluding carboxylic acids is 2. The first-order valence-corrected chi connectivity index (χ1v) is 12.3. The molecule has 0 saturated heterocycles. The van der Waals surface area contributed by atoms with Gasteiger partial charge in [-0.3, -0.25) is 4.79 Å². The Labute approximate surface area is 208 Å². The van der Waals surface area contributed by atoms with Crippen LogP contribution in [0.1, 0.15) is 39.0 Å². The molecule has 0 fully saturated rings. The molecule has 0 radical (unpaired) electrons. The number of ketones is 1. The Kier molecular flexibility index (Phi) is 7.95. The summed E-state index contributed by atoms with van der Waals surface area (Å²) in [5, 5.41) is 0. The summed E-state index contributed by atoms with van der Waals surface area (Å²) >= 11 is 0. The standard InChI is InChI=1S/C25H26F2N2O6S/c1-15-14-22(16(2)29(15)19-8-10-20(11-9-19)35-25(26)27)23(30)17(3)34-24(31)18-6-12-21(13-7-18)36(32,33)28(4)5/h6-14,17,25H,1-5H3/t17-/m0/s1. The number of aryl methyl sites for hydroxylation is 1. The maximum atomic E-state index is 13.1. The van der Waals surface area contributed by atoms with Gasteiger partial charge >= 0.3 is 12.6 Å². The van der Waals surface area contributed by atoms with E-state index in [1.165, 1.54) is 57.4 Å². The molecule has 0 N–H and O–H groups in total. The van der Waals surface area contributed by atoms with Crippen LogP contribution < -0.4 is 4.74 Å². The van der Waals surface area contributed by atoms with Crippen LogP contribution in [0.4, 0.5) is 8.78 Å². The molecule has 3 aromatic rings. The Hall–Kier alpha value is -3.57. The molecule has 2 aromatic carbocycles. The molecule has 0 aliphatic rings. The number of carbonyl (C=O) groups is 2. The highest BCUT2D eigenvalue weighted by atomic mass is 32.2. The largest absolute Gasteiger partial charge is 0.451 e. The van der Waals surface area contributed by atoms with E-state index in [0.717, 1.165) is 10.00 Å². The number of hydrogen-bond donors (Lipinski definition) is 0. The Balaban J connectivity index is 1.76. The predicted octanol–water partition coefficient (Wildman–Crippen LogP) is 4.37. The van der Waals surface area contributed by atoms with E-state index >= 15 is 0 Å². The van der Waals surface area contributed by atoms with Gasteiger partial charge in [-0.05, 0) is 75.4 Å². The zero-order valence-electron chi connectivity index (χ0n) is 20.4. The van der Waals surface area contributed by atoms with Crippen LogP contribution in [0.15, 0.2) is 59.5 Å². The third-order valence-corrected chi connectivity index (χ3v) is 7.37. The second-order valence-corrected chi connectivity index (χ2v) is 10.4. The van der Waals surface area contributed by atoms with Gasteiger partial charge < -0.3 is 14.0 Å². The molecule has 11 heteroatoms. The summed E-state index contributed by atoms with van der Waals surface area (Å²) in [6.07, 6.45) is -1.11. The third-order valence-electron chi connectivity index (χ3n) is 5.54. The lowest BCUT2D eigenvalue weighted by atomic mass is 10.1. The van der Waals surface area contributed by atoms with E-state index in [-0.39, 0.29) is 16.2 Å². The highest BCUT2D eigenvalue weighted by Gasteiger charge is 2.25. The molecular weight excluding hydrogens is 494 g/mol. The van der Waals surface area contributed by atoms with Gasteiger partial charge in [-0.25, -0.2) is 17.5 Å². The van der Waals surface area contributed by atoms with Gasteiger partial charge in [-0.1, -0.05) is 0 Å². The Morgan fingerprint density at radius 2 is 1.56 bits per heavy atom. The number of ether oxygens (including phenoxy) is 2. The summed E-state index contributed by atoms with van der Waals surface area (Å²) in [7, 11) is -0.842. The number of Topliss-reactive ketones (excluding diaryl/α,β-unsaturated/α-hetero) is 1. The number of benzene rings is 2. The maximum absolute atomic E-state index is 13.1. The first-order chi connectivity index (χ1) is 16.8. The average Bonchev–Trinajstić information content (AvgIpc) is 3.12. The summed E-state index contributed by atoms with van der Waals surface area (Å²) in [6.45, 7) is 2.03. The lowest BCUT2D eigenvalue weighted by molar-refractivity contribution is -0.0498. The highest BCUT2D eigenvalue weighted by molar-refractivity contribution is 7.89. The van der Waals surface area contributed by atoms with Gasteiger partial charge in [0.05, 0.1) is 10.5 Å². The van der Waals surface area contributed by atoms with Crippen molar-refractivity contribution >= 4 is 21.8 Å². The number of esters is 1. The van der Waals surface area contributed by atoms with E-state index in [4.69, 9.17) is 4.74 Å². The van der Waals surface area contributed by atoms with Crippen molar-refractivity contribution in [3.63, 3.8) is 0 Å². The van der Waals surface area contributed by atoms with Gasteiger partial charge in [0.15, 0.2) is 6.10 Å². The molecular formula is C25H26F2N2O6S. The van der Waals surface area contributed by atoms with E-state index in [2.05, 4.69) is 4.74 Å². The number of alkyl halides is 2. The molecule has 0 aliphatic carbocycles. The van der Waals surface area contributed by atoms with Crippen LogP contribution in [0, 0.1) is 13.8 Å². The van der Waals surface area contributed by atoms with Crippen molar-refractivity contribution in [3.05, 3.63) is 77.1 Å². The summed E-state index contributed by atoms with van der Waals surface area (Å²) < 4.78 is 61.7. The number of halogens is 2. The van der Waals surface area contributed by atoms with Crippen molar-refractivity contribution in [1.29, 1.82) is 0 Å². The second-order valence-electron chi connectivity index (χ2n) is 8.22. The van der Waals surface area contributed by atoms with Crippen LogP contribution in [0.5, 0.6) is 5.75 Å². The molecule has 3 rings (SSSR count). The highest BCUT2D eigenvalue weighted by Crippen LogP contribution is 2.25. The normalized spacial score (nSPS) is 12.6. The minimum Gasteiger partial charge on any atom is -0.451 e. The average molecular weight is 521 g/mol. The summed E-state index contributed by atoms with van der Waals surface area (Å²) in [5.41, 5.74) is 2.39. The smallest absolute Gasteiger partial charge is 0.387 e. The zero-order chi connectivity index (χ0) is 26.8. The molecule has 0 unspecified atom stereocenters. The molecule has 0 saturated carbocycles. The van der Waals surface area contributed by atoms with Crippen molar-refractivity contribution in [2.75, 3.05) is 14.1 Å². The van der Waals surface area contributed by atoms with Gasteiger partial charge in [-0.15, -0.1) is 0 Å². The Bertz CT molecular complexity index is 1360. The first-order valence-electron chi connectivity index (χ1n) is 10.8. The van der Waals surface area contributed by atoms with Crippen LogP contribution in [-0.4, -0.2) is 55.9 Å². The predicted molar refractivity (Wildman–Crippen MR) is 128 cm³/mol. The van der Waals surface area contributed by atoms with E-state index in [9.17, 15) is 26.8 Å². The SMILES string of the molecule is Cc1cc(C(=O)[C@H](C)OC(=O)c2ccc(S(=O)(=O)N(C)C)cc2)c(C)n1-c1ccc(OC(F)F)cc1. The Morgan fingerprint density at radius 3 is 2.08 bits per heavy atom. The van der Waals surface area contributed by atoms with Crippen LogP contribution in [0.3, 0.4) is 0 Å². The maximum Gasteiger partial charge on any atom is 0.387 e. The minimum atomic E-state index is -3.64. The van der Waals surface area contributed by atoms with Crippen molar-refractivity contribution in [3.8, 4) is 11.4 Å². The van der Waals surface area contributed by atoms with E-state index in [0.29, 0.717) is 16.9 Å². The third kappa shape index (κ3) is 5.63. The molecule has 0 bridgehead atoms. The second kappa shape index (κ2) is 10.6. The fraction of sp³-hybridized carbons (Fsp3) is 0.280. The van der Waals surface area contributed by atoms with Gasteiger partial charge in [0.2, 0.25) is 15.8 Å². The fourth-order valence-corrected chi connectivity index (χ4v) is 4.56. The summed E-state index contributed by atoms with van der Waals surface area (Å²) in [5.74, 6) is -1.18. The molecule has 1 heterocycles. The van der Waals surface area contributed by atoms with Gasteiger partial charge in [0, 0.05) is 36.7 Å². The van der Waals surface area contributed by atoms with Crippen molar-refractivity contribution in [2.45, 2.75) is 38.4 Å². The first kappa shape index (κ1) is 27.0. The molecule has 8 nitrogen and oxygen atoms in total. The molecule has 0 aliphatic heterocycles. The lowest BCUT2D eigenvalue weighted by Crippen LogP contribution is -2.25. The number of rotatable bonds is 9. The Morgan fingerprint density at radius 1 is 0.972 bits per heavy atom. The quantitative estimate of drug-likeness (QED) is 0.307. The summed E-state index contributed by atoms with van der Waals surface area (Å²) in [6, 6.07) is 12.9. The van der Waals surface area contributed by atoms with Crippen LogP contribution in [0.2, 0.25) is 0 Å². The molecule has 1 aromatic heterocycles. The topological polar surface area (TPSA) is 94.9 Å².